The molecule has 0 amide bonds. The normalized spacial score (nSPS) is 11.1. The number of nitrogens with one attached hydrogen (secondary N) is 1. The molecule has 0 aliphatic rings. The van der Waals surface area contributed by atoms with Gasteiger partial charge in [0.05, 0.1) is 0 Å². The molecule has 0 aliphatic carbocycles. The minimum atomic E-state index is -0.836. The number of halogens is 1. The Labute approximate surface area is 123 Å². The van der Waals surface area contributed by atoms with E-state index in [0.29, 0.717) is 15.3 Å². The van der Waals surface area contributed by atoms with Crippen LogP contribution in [0.2, 0.25) is 5.15 Å². The van der Waals surface area contributed by atoms with Crippen LogP contribution in [0.15, 0.2) is 26.1 Å². The number of H-pyrrole nitrogens is 1. The zero-order chi connectivity index (χ0) is 14.9. The van der Waals surface area contributed by atoms with Crippen molar-refractivity contribution in [2.75, 3.05) is 0 Å². The van der Waals surface area contributed by atoms with Crippen LogP contribution in [0.1, 0.15) is 25.3 Å². The molecule has 20 heavy (non-hydrogen) atoms. The van der Waals surface area contributed by atoms with Gasteiger partial charge < -0.3 is 0 Å². The highest BCUT2D eigenvalue weighted by Gasteiger charge is 2.16. The third-order valence-corrected chi connectivity index (χ3v) is 3.88. The van der Waals surface area contributed by atoms with Crippen LogP contribution in [-0.4, -0.2) is 24.7 Å². The first kappa shape index (κ1) is 14.7. The molecule has 106 valence electrons. The lowest BCUT2D eigenvalue weighted by Gasteiger charge is -2.12. The van der Waals surface area contributed by atoms with E-state index in [9.17, 15) is 9.59 Å². The van der Waals surface area contributed by atoms with Gasteiger partial charge in [-0.2, -0.15) is 4.98 Å². The van der Waals surface area contributed by atoms with Crippen LogP contribution in [0.25, 0.3) is 0 Å². The number of aromatic nitrogens is 5. The fourth-order valence-corrected chi connectivity index (χ4v) is 3.00. The van der Waals surface area contributed by atoms with Crippen molar-refractivity contribution in [1.29, 1.82) is 0 Å². The smallest absolute Gasteiger partial charge is 0.265 e. The van der Waals surface area contributed by atoms with Crippen LogP contribution in [0.3, 0.4) is 0 Å². The van der Waals surface area contributed by atoms with E-state index in [4.69, 9.17) is 11.6 Å². The van der Waals surface area contributed by atoms with Gasteiger partial charge in [0.2, 0.25) is 0 Å². The molecule has 0 spiro atoms. The largest absolute Gasteiger partial charge is 0.339 e. The van der Waals surface area contributed by atoms with Crippen molar-refractivity contribution in [3.8, 4) is 0 Å². The SMILES string of the molecule is CC(C)c1c(Cl)ncnc1Sc1nc(=O)c(=O)[nH]n1C. The van der Waals surface area contributed by atoms with Gasteiger partial charge in [-0.05, 0) is 17.7 Å². The van der Waals surface area contributed by atoms with Gasteiger partial charge in [-0.15, -0.1) is 0 Å². The second-order valence-electron chi connectivity index (χ2n) is 4.34. The molecule has 0 saturated heterocycles. The number of hydrogen-bond donors (Lipinski definition) is 1. The molecule has 2 heterocycles. The molecule has 1 N–H and O–H groups in total. The molecular formula is C11H12ClN5O2S. The molecule has 0 saturated carbocycles. The van der Waals surface area contributed by atoms with E-state index in [0.717, 1.165) is 17.3 Å². The first-order chi connectivity index (χ1) is 9.40. The lowest BCUT2D eigenvalue weighted by atomic mass is 10.1. The number of aryl methyl sites for hydroxylation is 1. The van der Waals surface area contributed by atoms with E-state index in [1.165, 1.54) is 11.0 Å². The molecule has 0 atom stereocenters. The molecular weight excluding hydrogens is 302 g/mol. The first-order valence-corrected chi connectivity index (χ1v) is 6.95. The summed E-state index contributed by atoms with van der Waals surface area (Å²) < 4.78 is 1.37. The summed E-state index contributed by atoms with van der Waals surface area (Å²) in [6, 6.07) is 0. The average Bonchev–Trinajstić information content (AvgIpc) is 2.35. The zero-order valence-electron chi connectivity index (χ0n) is 11.0. The Balaban J connectivity index is 2.51. The van der Waals surface area contributed by atoms with Gasteiger partial charge in [-0.1, -0.05) is 25.4 Å². The van der Waals surface area contributed by atoms with E-state index in [1.807, 2.05) is 13.8 Å². The third kappa shape index (κ3) is 2.91. The zero-order valence-corrected chi connectivity index (χ0v) is 12.6. The highest BCUT2D eigenvalue weighted by Crippen LogP contribution is 2.33. The summed E-state index contributed by atoms with van der Waals surface area (Å²) in [5.41, 5.74) is -0.821. The van der Waals surface area contributed by atoms with Gasteiger partial charge in [-0.25, -0.2) is 9.97 Å². The van der Waals surface area contributed by atoms with Crippen LogP contribution in [0.4, 0.5) is 0 Å². The molecule has 9 heteroatoms. The van der Waals surface area contributed by atoms with Crippen molar-refractivity contribution in [2.24, 2.45) is 7.05 Å². The molecule has 0 radical (unpaired) electrons. The highest BCUT2D eigenvalue weighted by atomic mass is 35.5. The Kier molecular flexibility index (Phi) is 4.24. The fourth-order valence-electron chi connectivity index (χ4n) is 1.56. The van der Waals surface area contributed by atoms with Crippen LogP contribution in [0.5, 0.6) is 0 Å². The van der Waals surface area contributed by atoms with Gasteiger partial charge in [0.1, 0.15) is 16.5 Å². The first-order valence-electron chi connectivity index (χ1n) is 5.75. The van der Waals surface area contributed by atoms with Crippen LogP contribution >= 0.6 is 23.4 Å². The molecule has 7 nitrogen and oxygen atoms in total. The van der Waals surface area contributed by atoms with Gasteiger partial charge >= 0.3 is 11.1 Å². The molecule has 0 unspecified atom stereocenters. The van der Waals surface area contributed by atoms with E-state index in [2.05, 4.69) is 20.1 Å². The molecule has 2 rings (SSSR count). The lowest BCUT2D eigenvalue weighted by molar-refractivity contribution is 0.595. The molecule has 0 bridgehead atoms. The molecule has 0 aliphatic heterocycles. The Morgan fingerprint density at radius 3 is 2.70 bits per heavy atom. The predicted molar refractivity (Wildman–Crippen MR) is 75.4 cm³/mol. The molecule has 2 aromatic heterocycles. The molecule has 0 aromatic carbocycles. The van der Waals surface area contributed by atoms with Crippen LogP contribution in [-0.2, 0) is 7.05 Å². The lowest BCUT2D eigenvalue weighted by Crippen LogP contribution is -2.33. The Hall–Kier alpha value is -1.67. The summed E-state index contributed by atoms with van der Waals surface area (Å²) in [5, 5.41) is 3.68. The number of nitrogens with zero attached hydrogens (tertiary/aromatic N) is 4. The van der Waals surface area contributed by atoms with Crippen molar-refractivity contribution in [3.63, 3.8) is 0 Å². The van der Waals surface area contributed by atoms with Gasteiger partial charge in [0.15, 0.2) is 5.16 Å². The minimum Gasteiger partial charge on any atom is -0.265 e. The van der Waals surface area contributed by atoms with Gasteiger partial charge in [0.25, 0.3) is 0 Å². The van der Waals surface area contributed by atoms with Crippen molar-refractivity contribution in [2.45, 2.75) is 29.9 Å². The summed E-state index contributed by atoms with van der Waals surface area (Å²) in [7, 11) is 1.59. The summed E-state index contributed by atoms with van der Waals surface area (Å²) in [4.78, 5) is 34.3. The summed E-state index contributed by atoms with van der Waals surface area (Å²) in [5.74, 6) is 0.117. The number of rotatable bonds is 3. The van der Waals surface area contributed by atoms with Gasteiger partial charge in [-0.3, -0.25) is 19.4 Å². The molecule has 2 aromatic rings. The molecule has 0 fully saturated rings. The second kappa shape index (κ2) is 5.76. The standard InChI is InChI=1S/C11H12ClN5O2S/c1-5(2)6-7(12)13-4-14-10(6)20-11-15-8(18)9(19)16-17(11)3/h4-5H,1-3H3,(H,16,19). The van der Waals surface area contributed by atoms with Gasteiger partial charge in [0, 0.05) is 12.6 Å². The fraction of sp³-hybridized carbons (Fsp3) is 0.364. The van der Waals surface area contributed by atoms with E-state index < -0.39 is 11.1 Å². The predicted octanol–water partition coefficient (Wildman–Crippen LogP) is 1.19. The Bertz CT molecular complexity index is 755. The second-order valence-corrected chi connectivity index (χ2v) is 5.65. The Morgan fingerprint density at radius 1 is 1.35 bits per heavy atom. The van der Waals surface area contributed by atoms with Crippen molar-refractivity contribution >= 4 is 23.4 Å². The van der Waals surface area contributed by atoms with Crippen molar-refractivity contribution in [1.82, 2.24) is 24.7 Å². The Morgan fingerprint density at radius 2 is 2.05 bits per heavy atom. The maximum atomic E-state index is 11.3. The highest BCUT2D eigenvalue weighted by molar-refractivity contribution is 7.99. The average molecular weight is 314 g/mol. The van der Waals surface area contributed by atoms with E-state index in [1.54, 1.807) is 7.05 Å². The number of hydrogen-bond acceptors (Lipinski definition) is 6. The monoisotopic (exact) mass is 313 g/mol. The summed E-state index contributed by atoms with van der Waals surface area (Å²) in [6.07, 6.45) is 1.35. The maximum Gasteiger partial charge on any atom is 0.339 e. The van der Waals surface area contributed by atoms with Crippen molar-refractivity contribution < 1.29 is 0 Å². The third-order valence-electron chi connectivity index (χ3n) is 2.51. The minimum absolute atomic E-state index is 0.117. The number of aromatic amines is 1. The summed E-state index contributed by atoms with van der Waals surface area (Å²) in [6.45, 7) is 3.93. The van der Waals surface area contributed by atoms with Crippen LogP contribution < -0.4 is 11.1 Å². The summed E-state index contributed by atoms with van der Waals surface area (Å²) >= 11 is 7.23. The van der Waals surface area contributed by atoms with E-state index in [-0.39, 0.29) is 5.92 Å². The van der Waals surface area contributed by atoms with Crippen LogP contribution in [0, 0.1) is 0 Å². The topological polar surface area (TPSA) is 93.5 Å². The quantitative estimate of drug-likeness (QED) is 0.675. The van der Waals surface area contributed by atoms with Crippen molar-refractivity contribution in [3.05, 3.63) is 37.8 Å². The van der Waals surface area contributed by atoms with E-state index >= 15 is 0 Å². The maximum absolute atomic E-state index is 11.3.